The molecule has 210 valence electrons. The van der Waals surface area contributed by atoms with Crippen molar-refractivity contribution >= 4 is 39.9 Å². The van der Waals surface area contributed by atoms with Crippen LogP contribution in [-0.4, -0.2) is 60.2 Å². The first-order chi connectivity index (χ1) is 19.2. The smallest absolute Gasteiger partial charge is 0.417 e. The number of carbonyl (C=O) groups is 1. The quantitative estimate of drug-likeness (QED) is 0.196. The first-order valence-corrected chi connectivity index (χ1v) is 12.9. The molecule has 1 aliphatic heterocycles. The standard InChI is InChI=1S/C28H26ClF3N4O4/c29-24-9-8-21(18-23(24)28(30,31)32)36(38)27(37)33-19-4-6-20(7-5-19)35-11-10-22-25(35)2-1-3-26(22)40-17-14-34-12-15-39-16-13-34/h1-11,18,38H,12-17H2,(H,33,37). The van der Waals surface area contributed by atoms with Gasteiger partial charge in [-0.1, -0.05) is 17.7 Å². The molecule has 1 fully saturated rings. The SMILES string of the molecule is O=C(Nc1ccc(-n2ccc3c(OCCN4CCOCC4)cccc32)cc1)N(O)c1ccc(Cl)c(C(F)(F)F)c1. The number of hydrogen-bond acceptors (Lipinski definition) is 5. The molecule has 4 aromatic rings. The predicted octanol–water partition coefficient (Wildman–Crippen LogP) is 6.44. The fourth-order valence-corrected chi connectivity index (χ4v) is 4.69. The van der Waals surface area contributed by atoms with Crippen LogP contribution in [0.4, 0.5) is 29.3 Å². The number of fused-ring (bicyclic) bond motifs is 1. The van der Waals surface area contributed by atoms with Crippen LogP contribution in [-0.2, 0) is 10.9 Å². The van der Waals surface area contributed by atoms with Gasteiger partial charge >= 0.3 is 12.2 Å². The van der Waals surface area contributed by atoms with E-state index >= 15 is 0 Å². The molecule has 0 bridgehead atoms. The second kappa shape index (κ2) is 11.8. The highest BCUT2D eigenvalue weighted by atomic mass is 35.5. The molecule has 1 aliphatic rings. The molecule has 0 unspecified atom stereocenters. The molecule has 1 saturated heterocycles. The van der Waals surface area contributed by atoms with Crippen molar-refractivity contribution in [1.82, 2.24) is 9.47 Å². The number of aromatic nitrogens is 1. The van der Waals surface area contributed by atoms with Gasteiger partial charge < -0.3 is 19.4 Å². The molecule has 1 aromatic heterocycles. The number of carbonyl (C=O) groups excluding carboxylic acids is 1. The van der Waals surface area contributed by atoms with Crippen molar-refractivity contribution in [2.45, 2.75) is 6.18 Å². The third kappa shape index (κ3) is 6.18. The Labute approximate surface area is 233 Å². The van der Waals surface area contributed by atoms with Crippen molar-refractivity contribution in [1.29, 1.82) is 0 Å². The summed E-state index contributed by atoms with van der Waals surface area (Å²) in [5.74, 6) is 0.785. The Balaban J connectivity index is 1.25. The number of morpholine rings is 1. The Bertz CT molecular complexity index is 1490. The maximum atomic E-state index is 13.1. The summed E-state index contributed by atoms with van der Waals surface area (Å²) in [6.45, 7) is 4.66. The summed E-state index contributed by atoms with van der Waals surface area (Å²) in [6, 6.07) is 16.2. The summed E-state index contributed by atoms with van der Waals surface area (Å²) in [6.07, 6.45) is -2.82. The number of nitrogens with zero attached hydrogens (tertiary/aromatic N) is 3. The number of rotatable bonds is 7. The summed E-state index contributed by atoms with van der Waals surface area (Å²) >= 11 is 5.61. The molecular weight excluding hydrogens is 549 g/mol. The first kappa shape index (κ1) is 27.8. The fraction of sp³-hybridized carbons (Fsp3) is 0.250. The van der Waals surface area contributed by atoms with Crippen LogP contribution in [0.2, 0.25) is 5.02 Å². The lowest BCUT2D eigenvalue weighted by Crippen LogP contribution is -2.38. The molecule has 0 aliphatic carbocycles. The molecule has 2 N–H and O–H groups in total. The maximum Gasteiger partial charge on any atom is 0.417 e. The highest BCUT2D eigenvalue weighted by molar-refractivity contribution is 6.31. The number of halogens is 4. The molecule has 2 heterocycles. The second-order valence-electron chi connectivity index (χ2n) is 9.13. The van der Waals surface area contributed by atoms with E-state index in [9.17, 15) is 23.2 Å². The van der Waals surface area contributed by atoms with Gasteiger partial charge in [-0.15, -0.1) is 0 Å². The zero-order chi connectivity index (χ0) is 28.3. The highest BCUT2D eigenvalue weighted by Gasteiger charge is 2.34. The summed E-state index contributed by atoms with van der Waals surface area (Å²) in [7, 11) is 0. The predicted molar refractivity (Wildman–Crippen MR) is 146 cm³/mol. The van der Waals surface area contributed by atoms with Crippen LogP contribution in [0.1, 0.15) is 5.56 Å². The Morgan fingerprint density at radius 3 is 2.55 bits per heavy atom. The van der Waals surface area contributed by atoms with Crippen molar-refractivity contribution in [3.05, 3.63) is 83.5 Å². The number of anilines is 2. The third-order valence-electron chi connectivity index (χ3n) is 6.55. The lowest BCUT2D eigenvalue weighted by Gasteiger charge is -2.26. The third-order valence-corrected chi connectivity index (χ3v) is 6.88. The number of urea groups is 1. The van der Waals surface area contributed by atoms with Gasteiger partial charge in [0.05, 0.1) is 35.0 Å². The lowest BCUT2D eigenvalue weighted by molar-refractivity contribution is -0.137. The normalized spacial score (nSPS) is 14.3. The number of nitrogens with one attached hydrogen (secondary N) is 1. The van der Waals surface area contributed by atoms with Gasteiger partial charge in [0, 0.05) is 42.6 Å². The fourth-order valence-electron chi connectivity index (χ4n) is 4.46. The number of hydroxylamine groups is 1. The maximum absolute atomic E-state index is 13.1. The molecular formula is C28H26ClF3N4O4. The van der Waals surface area contributed by atoms with Crippen molar-refractivity contribution in [3.63, 3.8) is 0 Å². The summed E-state index contributed by atoms with van der Waals surface area (Å²) in [5.41, 5.74) is 0.541. The van der Waals surface area contributed by atoms with Gasteiger partial charge in [0.2, 0.25) is 0 Å². The van der Waals surface area contributed by atoms with Gasteiger partial charge in [0.25, 0.3) is 0 Å². The number of alkyl halides is 3. The monoisotopic (exact) mass is 574 g/mol. The number of benzene rings is 3. The van der Waals surface area contributed by atoms with Crippen molar-refractivity contribution in [2.24, 2.45) is 0 Å². The molecule has 12 heteroatoms. The Morgan fingerprint density at radius 2 is 1.82 bits per heavy atom. The molecule has 0 radical (unpaired) electrons. The van der Waals surface area contributed by atoms with Crippen molar-refractivity contribution < 1.29 is 32.6 Å². The summed E-state index contributed by atoms with van der Waals surface area (Å²) < 4.78 is 52.9. The molecule has 3 aromatic carbocycles. The zero-order valence-corrected chi connectivity index (χ0v) is 22.0. The Morgan fingerprint density at radius 1 is 1.07 bits per heavy atom. The van der Waals surface area contributed by atoms with Gasteiger partial charge in [0.15, 0.2) is 0 Å². The van der Waals surface area contributed by atoms with E-state index < -0.39 is 22.8 Å². The van der Waals surface area contributed by atoms with Gasteiger partial charge in [-0.05, 0) is 60.7 Å². The van der Waals surface area contributed by atoms with Gasteiger partial charge in [-0.2, -0.15) is 18.2 Å². The molecule has 0 atom stereocenters. The van der Waals surface area contributed by atoms with E-state index in [1.807, 2.05) is 35.0 Å². The average molecular weight is 575 g/mol. The minimum Gasteiger partial charge on any atom is -0.492 e. The molecule has 5 rings (SSSR count). The largest absolute Gasteiger partial charge is 0.492 e. The van der Waals surface area contributed by atoms with Gasteiger partial charge in [-0.3, -0.25) is 10.1 Å². The molecule has 0 spiro atoms. The van der Waals surface area contributed by atoms with Crippen LogP contribution in [0.5, 0.6) is 5.75 Å². The van der Waals surface area contributed by atoms with E-state index in [0.29, 0.717) is 18.4 Å². The van der Waals surface area contributed by atoms with Crippen LogP contribution in [0, 0.1) is 0 Å². The van der Waals surface area contributed by atoms with Crippen LogP contribution < -0.4 is 15.1 Å². The van der Waals surface area contributed by atoms with E-state index in [1.54, 1.807) is 24.3 Å². The van der Waals surface area contributed by atoms with E-state index in [2.05, 4.69) is 10.2 Å². The number of hydrogen-bond donors (Lipinski definition) is 2. The van der Waals surface area contributed by atoms with E-state index in [1.165, 1.54) is 0 Å². The number of ether oxygens (including phenoxy) is 2. The zero-order valence-electron chi connectivity index (χ0n) is 21.2. The average Bonchev–Trinajstić information content (AvgIpc) is 3.38. The van der Waals surface area contributed by atoms with Crippen LogP contribution in [0.3, 0.4) is 0 Å². The second-order valence-corrected chi connectivity index (χ2v) is 9.54. The van der Waals surface area contributed by atoms with Crippen LogP contribution in [0.25, 0.3) is 16.6 Å². The van der Waals surface area contributed by atoms with E-state index in [-0.39, 0.29) is 10.8 Å². The van der Waals surface area contributed by atoms with E-state index in [0.717, 1.165) is 67.3 Å². The summed E-state index contributed by atoms with van der Waals surface area (Å²) in [4.78, 5) is 14.8. The van der Waals surface area contributed by atoms with Gasteiger partial charge in [-0.25, -0.2) is 4.79 Å². The van der Waals surface area contributed by atoms with Crippen molar-refractivity contribution in [3.8, 4) is 11.4 Å². The van der Waals surface area contributed by atoms with E-state index in [4.69, 9.17) is 21.1 Å². The lowest BCUT2D eigenvalue weighted by atomic mass is 10.2. The summed E-state index contributed by atoms with van der Waals surface area (Å²) in [5, 5.41) is 13.2. The highest BCUT2D eigenvalue weighted by Crippen LogP contribution is 2.37. The Hall–Kier alpha value is -3.77. The molecule has 2 amide bonds. The Kier molecular flexibility index (Phi) is 8.17. The van der Waals surface area contributed by atoms with Crippen LogP contribution in [0.15, 0.2) is 72.9 Å². The first-order valence-electron chi connectivity index (χ1n) is 12.5. The minimum atomic E-state index is -4.74. The minimum absolute atomic E-state index is 0.0967. The van der Waals surface area contributed by atoms with Crippen LogP contribution >= 0.6 is 11.6 Å². The number of amides is 2. The molecule has 8 nitrogen and oxygen atoms in total. The topological polar surface area (TPSA) is 79.2 Å². The van der Waals surface area contributed by atoms with Gasteiger partial charge in [0.1, 0.15) is 12.4 Å². The molecule has 0 saturated carbocycles. The van der Waals surface area contributed by atoms with Crippen molar-refractivity contribution in [2.75, 3.05) is 49.8 Å². The molecule has 40 heavy (non-hydrogen) atoms.